The maximum absolute atomic E-state index is 13.0. The average Bonchev–Trinajstić information content (AvgIpc) is 2.92. The van der Waals surface area contributed by atoms with Gasteiger partial charge < -0.3 is 10.6 Å². The minimum Gasteiger partial charge on any atom is -0.326 e. The van der Waals surface area contributed by atoms with Crippen LogP contribution in [-0.4, -0.2) is 35.1 Å². The Hall–Kier alpha value is -3.19. The number of benzene rings is 2. The number of carbonyl (C=O) groups is 4. The first-order valence-electron chi connectivity index (χ1n) is 9.93. The number of halogens is 1. The van der Waals surface area contributed by atoms with Gasteiger partial charge in [0.15, 0.2) is 5.78 Å². The van der Waals surface area contributed by atoms with E-state index in [0.29, 0.717) is 28.3 Å². The highest BCUT2D eigenvalue weighted by Gasteiger charge is 2.49. The molecule has 0 aromatic heterocycles. The third-order valence-electron chi connectivity index (χ3n) is 5.08. The zero-order valence-electron chi connectivity index (χ0n) is 17.6. The Morgan fingerprint density at radius 1 is 1.06 bits per heavy atom. The molecule has 0 bridgehead atoms. The van der Waals surface area contributed by atoms with Gasteiger partial charge in [0.05, 0.1) is 6.54 Å². The topological polar surface area (TPSA) is 95.6 Å². The molecule has 162 valence electrons. The maximum Gasteiger partial charge on any atom is 0.325 e. The minimum absolute atomic E-state index is 0.102. The number of nitrogens with zero attached hydrogens (tertiary/aromatic N) is 1. The third kappa shape index (κ3) is 4.94. The van der Waals surface area contributed by atoms with Crippen LogP contribution in [0.2, 0.25) is 5.02 Å². The number of imide groups is 1. The molecule has 1 atom stereocenters. The number of hydrogen-bond donors (Lipinski definition) is 2. The van der Waals surface area contributed by atoms with Gasteiger partial charge in [0.1, 0.15) is 5.54 Å². The normalized spacial score (nSPS) is 18.3. The van der Waals surface area contributed by atoms with E-state index in [-0.39, 0.29) is 24.2 Å². The zero-order valence-corrected chi connectivity index (χ0v) is 18.3. The Morgan fingerprint density at radius 2 is 1.68 bits per heavy atom. The molecule has 1 fully saturated rings. The van der Waals surface area contributed by atoms with E-state index in [0.717, 1.165) is 4.90 Å². The number of carbonyl (C=O) groups excluding carboxylic acids is 4. The molecule has 2 N–H and O–H groups in total. The van der Waals surface area contributed by atoms with Gasteiger partial charge >= 0.3 is 6.03 Å². The van der Waals surface area contributed by atoms with Crippen molar-refractivity contribution in [2.45, 2.75) is 32.7 Å². The number of urea groups is 1. The van der Waals surface area contributed by atoms with Crippen LogP contribution in [0, 0.1) is 5.92 Å². The molecule has 0 radical (unpaired) electrons. The van der Waals surface area contributed by atoms with Crippen LogP contribution in [0.3, 0.4) is 0 Å². The Balaban J connectivity index is 1.68. The average molecular weight is 442 g/mol. The predicted molar refractivity (Wildman–Crippen MR) is 118 cm³/mol. The van der Waals surface area contributed by atoms with Crippen LogP contribution in [0.1, 0.15) is 43.1 Å². The van der Waals surface area contributed by atoms with Crippen LogP contribution in [-0.2, 0) is 15.1 Å². The van der Waals surface area contributed by atoms with Crippen molar-refractivity contribution in [2.24, 2.45) is 5.92 Å². The van der Waals surface area contributed by atoms with Crippen LogP contribution in [0.4, 0.5) is 10.5 Å². The van der Waals surface area contributed by atoms with Crippen molar-refractivity contribution in [3.8, 4) is 0 Å². The van der Waals surface area contributed by atoms with Crippen LogP contribution < -0.4 is 10.6 Å². The molecule has 1 saturated heterocycles. The third-order valence-corrected chi connectivity index (χ3v) is 5.33. The van der Waals surface area contributed by atoms with Crippen molar-refractivity contribution in [3.05, 3.63) is 64.7 Å². The lowest BCUT2D eigenvalue weighted by Gasteiger charge is -2.22. The summed E-state index contributed by atoms with van der Waals surface area (Å²) in [7, 11) is 0. The van der Waals surface area contributed by atoms with Gasteiger partial charge in [-0.1, -0.05) is 37.6 Å². The highest BCUT2D eigenvalue weighted by atomic mass is 35.5. The fourth-order valence-corrected chi connectivity index (χ4v) is 3.50. The van der Waals surface area contributed by atoms with Gasteiger partial charge in [-0.3, -0.25) is 19.3 Å². The molecule has 0 saturated carbocycles. The van der Waals surface area contributed by atoms with Crippen LogP contribution in [0.15, 0.2) is 48.5 Å². The second-order valence-corrected chi connectivity index (χ2v) is 8.54. The van der Waals surface area contributed by atoms with Gasteiger partial charge in [-0.2, -0.15) is 0 Å². The molecule has 2 aromatic carbocycles. The summed E-state index contributed by atoms with van der Waals surface area (Å²) in [5.41, 5.74) is 0.216. The lowest BCUT2D eigenvalue weighted by molar-refractivity contribution is -0.130. The summed E-state index contributed by atoms with van der Waals surface area (Å²) in [5, 5.41) is 5.95. The minimum atomic E-state index is -1.27. The molecule has 2 aromatic rings. The summed E-state index contributed by atoms with van der Waals surface area (Å²) in [6.07, 6.45) is 0.402. The molecule has 1 aliphatic rings. The van der Waals surface area contributed by atoms with Gasteiger partial charge in [0, 0.05) is 22.7 Å². The Labute approximate surface area is 185 Å². The van der Waals surface area contributed by atoms with Crippen LogP contribution in [0.5, 0.6) is 0 Å². The largest absolute Gasteiger partial charge is 0.326 e. The van der Waals surface area contributed by atoms with E-state index < -0.39 is 17.5 Å². The first kappa shape index (κ1) is 22.5. The molecular weight excluding hydrogens is 418 g/mol. The second-order valence-electron chi connectivity index (χ2n) is 8.10. The quantitative estimate of drug-likeness (QED) is 0.502. The van der Waals surface area contributed by atoms with Gasteiger partial charge in [0.2, 0.25) is 5.91 Å². The van der Waals surface area contributed by atoms with Gasteiger partial charge in [0.25, 0.3) is 5.91 Å². The lowest BCUT2D eigenvalue weighted by atomic mass is 9.92. The monoisotopic (exact) mass is 441 g/mol. The molecule has 0 spiro atoms. The van der Waals surface area contributed by atoms with Gasteiger partial charge in [-0.15, -0.1) is 0 Å². The summed E-state index contributed by atoms with van der Waals surface area (Å²) < 4.78 is 0. The maximum atomic E-state index is 13.0. The number of ketones is 1. The second kappa shape index (κ2) is 8.89. The summed E-state index contributed by atoms with van der Waals surface area (Å²) in [6, 6.07) is 12.3. The molecule has 1 unspecified atom stereocenters. The lowest BCUT2D eigenvalue weighted by Crippen LogP contribution is -2.41. The molecule has 1 heterocycles. The smallest absolute Gasteiger partial charge is 0.325 e. The Kier molecular flexibility index (Phi) is 6.45. The number of rotatable bonds is 7. The predicted octanol–water partition coefficient (Wildman–Crippen LogP) is 3.97. The summed E-state index contributed by atoms with van der Waals surface area (Å²) in [5.74, 6) is -0.756. The number of Topliss-reactive ketones (excluding diaryl/α,β-unsaturated/α-hetero) is 1. The number of amides is 4. The SMILES string of the molecule is CC(C)CC(=O)Nc1ccc(C(=O)CN2C(=O)NC(C)(c3ccc(Cl)cc3)C2=O)cc1. The van der Waals surface area contributed by atoms with E-state index in [1.54, 1.807) is 55.5 Å². The molecule has 4 amide bonds. The molecular formula is C23H24ClN3O4. The first-order valence-corrected chi connectivity index (χ1v) is 10.3. The molecule has 0 aliphatic carbocycles. The van der Waals surface area contributed by atoms with Crippen molar-refractivity contribution in [3.63, 3.8) is 0 Å². The van der Waals surface area contributed by atoms with E-state index >= 15 is 0 Å². The number of hydrogen-bond acceptors (Lipinski definition) is 4. The Morgan fingerprint density at radius 3 is 2.26 bits per heavy atom. The van der Waals surface area contributed by atoms with E-state index in [1.807, 2.05) is 13.8 Å². The van der Waals surface area contributed by atoms with E-state index in [4.69, 9.17) is 11.6 Å². The van der Waals surface area contributed by atoms with Crippen molar-refractivity contribution < 1.29 is 19.2 Å². The van der Waals surface area contributed by atoms with Crippen LogP contribution >= 0.6 is 11.6 Å². The molecule has 3 rings (SSSR count). The fraction of sp³-hybridized carbons (Fsp3) is 0.304. The van der Waals surface area contributed by atoms with Gasteiger partial charge in [-0.05, 0) is 54.8 Å². The zero-order chi connectivity index (χ0) is 22.8. The molecule has 8 heteroatoms. The standard InChI is InChI=1S/C23H24ClN3O4/c1-14(2)12-20(29)25-18-10-4-15(5-11-18)19(28)13-27-21(30)23(3,26-22(27)31)16-6-8-17(24)9-7-16/h4-11,14H,12-13H2,1-3H3,(H,25,29)(H,26,31). The van der Waals surface area contributed by atoms with E-state index in [2.05, 4.69) is 10.6 Å². The highest BCUT2D eigenvalue weighted by Crippen LogP contribution is 2.29. The molecule has 7 nitrogen and oxygen atoms in total. The first-order chi connectivity index (χ1) is 14.6. The van der Waals surface area contributed by atoms with E-state index in [1.165, 1.54) is 0 Å². The summed E-state index contributed by atoms with van der Waals surface area (Å²) in [4.78, 5) is 50.9. The van der Waals surface area contributed by atoms with Crippen LogP contribution in [0.25, 0.3) is 0 Å². The van der Waals surface area contributed by atoms with Crippen molar-refractivity contribution in [2.75, 3.05) is 11.9 Å². The van der Waals surface area contributed by atoms with Gasteiger partial charge in [-0.25, -0.2) is 4.79 Å². The number of anilines is 1. The van der Waals surface area contributed by atoms with E-state index in [9.17, 15) is 19.2 Å². The van der Waals surface area contributed by atoms with Crippen molar-refractivity contribution in [1.82, 2.24) is 10.2 Å². The number of nitrogens with one attached hydrogen (secondary N) is 2. The fourth-order valence-electron chi connectivity index (χ4n) is 3.38. The molecule has 1 aliphatic heterocycles. The van der Waals surface area contributed by atoms with Crippen molar-refractivity contribution >= 4 is 40.9 Å². The van der Waals surface area contributed by atoms with Crippen molar-refractivity contribution in [1.29, 1.82) is 0 Å². The molecule has 31 heavy (non-hydrogen) atoms. The summed E-state index contributed by atoms with van der Waals surface area (Å²) in [6.45, 7) is 5.12. The highest BCUT2D eigenvalue weighted by molar-refractivity contribution is 6.30. The Bertz CT molecular complexity index is 1020. The summed E-state index contributed by atoms with van der Waals surface area (Å²) >= 11 is 5.90.